The van der Waals surface area contributed by atoms with Crippen LogP contribution in [-0.4, -0.2) is 42.5 Å². The lowest BCUT2D eigenvalue weighted by atomic mass is 10.1. The van der Waals surface area contributed by atoms with Gasteiger partial charge in [-0.1, -0.05) is 0 Å². The summed E-state index contributed by atoms with van der Waals surface area (Å²) in [4.78, 5) is 24.3. The van der Waals surface area contributed by atoms with Crippen LogP contribution in [0, 0.1) is 5.92 Å². The number of carbonyl (C=O) groups is 2. The molecular weight excluding hydrogens is 187 g/mol. The lowest BCUT2D eigenvalue weighted by molar-refractivity contribution is -0.146. The number of hydrogen-bond acceptors (Lipinski definition) is 2. The Kier molecular flexibility index (Phi) is 2.39. The van der Waals surface area contributed by atoms with Crippen molar-refractivity contribution in [2.75, 3.05) is 19.8 Å². The van der Waals surface area contributed by atoms with Gasteiger partial charge in [-0.05, 0) is 18.8 Å². The topological polar surface area (TPSA) is 49.4 Å². The van der Waals surface area contributed by atoms with E-state index in [-0.39, 0.29) is 30.8 Å². The van der Waals surface area contributed by atoms with Crippen LogP contribution in [-0.2, 0) is 9.59 Å². The van der Waals surface area contributed by atoms with E-state index in [1.165, 1.54) is 4.90 Å². The zero-order valence-corrected chi connectivity index (χ0v) is 7.83. The number of nitrogens with zero attached hydrogens (tertiary/aromatic N) is 1. The second kappa shape index (κ2) is 3.55. The average Bonchev–Trinajstić information content (AvgIpc) is 2.95. The van der Waals surface area contributed by atoms with E-state index in [0.29, 0.717) is 0 Å². The highest BCUT2D eigenvalue weighted by atomic mass is 19.1. The van der Waals surface area contributed by atoms with E-state index in [4.69, 9.17) is 0 Å². The first-order valence-corrected chi connectivity index (χ1v) is 4.87. The Bertz CT molecular complexity index is 266. The number of nitrogens with one attached hydrogen (secondary N) is 1. The Balaban J connectivity index is 2.11. The first-order valence-electron chi connectivity index (χ1n) is 4.87. The van der Waals surface area contributed by atoms with Gasteiger partial charge in [0, 0.05) is 6.54 Å². The molecule has 1 atom stereocenters. The molecule has 1 saturated heterocycles. The standard InChI is InChI=1S/C9H13FN2O2/c10-3-4-12-7(13)5-11-9(14)8(12)6-1-2-6/h6,8H,1-5H2,(H,11,14). The molecule has 1 aliphatic heterocycles. The van der Waals surface area contributed by atoms with Crippen molar-refractivity contribution in [2.24, 2.45) is 5.92 Å². The molecule has 1 aliphatic carbocycles. The molecule has 0 spiro atoms. The minimum atomic E-state index is -0.581. The number of carbonyl (C=O) groups excluding carboxylic acids is 2. The molecule has 2 rings (SSSR count). The van der Waals surface area contributed by atoms with Gasteiger partial charge in [-0.25, -0.2) is 4.39 Å². The average molecular weight is 200 g/mol. The summed E-state index contributed by atoms with van der Waals surface area (Å²) in [5, 5.41) is 2.54. The normalized spacial score (nSPS) is 27.8. The first-order chi connectivity index (χ1) is 6.74. The van der Waals surface area contributed by atoms with Crippen LogP contribution >= 0.6 is 0 Å². The van der Waals surface area contributed by atoms with E-state index in [1.54, 1.807) is 0 Å². The van der Waals surface area contributed by atoms with E-state index >= 15 is 0 Å². The summed E-state index contributed by atoms with van der Waals surface area (Å²) in [7, 11) is 0. The molecule has 2 aliphatic rings. The molecule has 4 nitrogen and oxygen atoms in total. The number of alkyl halides is 1. The van der Waals surface area contributed by atoms with Crippen LogP contribution in [0.3, 0.4) is 0 Å². The zero-order chi connectivity index (χ0) is 10.1. The van der Waals surface area contributed by atoms with Gasteiger partial charge in [-0.2, -0.15) is 0 Å². The van der Waals surface area contributed by atoms with E-state index in [0.717, 1.165) is 12.8 Å². The molecule has 14 heavy (non-hydrogen) atoms. The summed E-state index contributed by atoms with van der Waals surface area (Å²) in [5.41, 5.74) is 0. The van der Waals surface area contributed by atoms with E-state index in [9.17, 15) is 14.0 Å². The molecule has 1 unspecified atom stereocenters. The summed E-state index contributed by atoms with van der Waals surface area (Å²) >= 11 is 0. The molecule has 0 bridgehead atoms. The van der Waals surface area contributed by atoms with Crippen LogP contribution in [0.2, 0.25) is 0 Å². The lowest BCUT2D eigenvalue weighted by Gasteiger charge is -2.34. The highest BCUT2D eigenvalue weighted by molar-refractivity contribution is 5.95. The molecule has 5 heteroatoms. The third kappa shape index (κ3) is 1.58. The van der Waals surface area contributed by atoms with E-state index in [2.05, 4.69) is 5.32 Å². The predicted molar refractivity (Wildman–Crippen MR) is 47.2 cm³/mol. The van der Waals surface area contributed by atoms with Crippen molar-refractivity contribution in [3.05, 3.63) is 0 Å². The quantitative estimate of drug-likeness (QED) is 0.679. The maximum Gasteiger partial charge on any atom is 0.243 e. The van der Waals surface area contributed by atoms with Gasteiger partial charge < -0.3 is 10.2 Å². The highest BCUT2D eigenvalue weighted by Gasteiger charge is 2.44. The summed E-state index contributed by atoms with van der Waals surface area (Å²) in [6.07, 6.45) is 1.93. The number of hydrogen-bond donors (Lipinski definition) is 1. The van der Waals surface area contributed by atoms with Gasteiger partial charge in [-0.3, -0.25) is 9.59 Å². The monoisotopic (exact) mass is 200 g/mol. The predicted octanol–water partition coefficient (Wildman–Crippen LogP) is -0.307. The third-order valence-corrected chi connectivity index (χ3v) is 2.73. The summed E-state index contributed by atoms with van der Waals surface area (Å²) in [6, 6.07) is -0.410. The van der Waals surface area contributed by atoms with Crippen LogP contribution in [0.1, 0.15) is 12.8 Å². The number of rotatable bonds is 3. The van der Waals surface area contributed by atoms with Crippen molar-refractivity contribution in [1.29, 1.82) is 0 Å². The molecule has 1 N–H and O–H groups in total. The Morgan fingerprint density at radius 2 is 2.14 bits per heavy atom. The second-order valence-corrected chi connectivity index (χ2v) is 3.78. The molecule has 0 radical (unpaired) electrons. The van der Waals surface area contributed by atoms with Gasteiger partial charge in [-0.15, -0.1) is 0 Å². The molecule has 1 heterocycles. The fourth-order valence-corrected chi connectivity index (χ4v) is 1.90. The van der Waals surface area contributed by atoms with Gasteiger partial charge in [0.1, 0.15) is 12.7 Å². The van der Waals surface area contributed by atoms with Gasteiger partial charge in [0.25, 0.3) is 0 Å². The Hall–Kier alpha value is -1.13. The first kappa shape index (κ1) is 9.43. The van der Waals surface area contributed by atoms with Crippen molar-refractivity contribution in [1.82, 2.24) is 10.2 Å². The van der Waals surface area contributed by atoms with Crippen LogP contribution in [0.4, 0.5) is 4.39 Å². The van der Waals surface area contributed by atoms with Crippen molar-refractivity contribution in [2.45, 2.75) is 18.9 Å². The fourth-order valence-electron chi connectivity index (χ4n) is 1.90. The maximum absolute atomic E-state index is 12.2. The maximum atomic E-state index is 12.2. The molecule has 0 aromatic heterocycles. The number of halogens is 1. The van der Waals surface area contributed by atoms with Crippen molar-refractivity contribution < 1.29 is 14.0 Å². The van der Waals surface area contributed by atoms with Gasteiger partial charge in [0.05, 0.1) is 6.54 Å². The zero-order valence-electron chi connectivity index (χ0n) is 7.83. The van der Waals surface area contributed by atoms with Crippen LogP contribution in [0.5, 0.6) is 0 Å². The molecule has 0 aromatic rings. The smallest absolute Gasteiger partial charge is 0.243 e. The SMILES string of the molecule is O=C1NCC(=O)N(CCF)C1C1CC1. The van der Waals surface area contributed by atoms with Gasteiger partial charge in [0.2, 0.25) is 11.8 Å². The third-order valence-electron chi connectivity index (χ3n) is 2.73. The van der Waals surface area contributed by atoms with Crippen LogP contribution in [0.25, 0.3) is 0 Å². The molecular formula is C9H13FN2O2. The summed E-state index contributed by atoms with van der Waals surface area (Å²) in [6.45, 7) is -0.516. The number of piperazine rings is 1. The number of amides is 2. The fraction of sp³-hybridized carbons (Fsp3) is 0.778. The molecule has 0 aromatic carbocycles. The minimum absolute atomic E-state index is 0.0159. The molecule has 2 amide bonds. The van der Waals surface area contributed by atoms with E-state index < -0.39 is 12.7 Å². The van der Waals surface area contributed by atoms with Gasteiger partial charge >= 0.3 is 0 Å². The molecule has 2 fully saturated rings. The minimum Gasteiger partial charge on any atom is -0.345 e. The van der Waals surface area contributed by atoms with Gasteiger partial charge in [0.15, 0.2) is 0 Å². The molecule has 78 valence electrons. The summed E-state index contributed by atoms with van der Waals surface area (Å²) in [5.74, 6) is -0.0366. The highest BCUT2D eigenvalue weighted by Crippen LogP contribution is 2.36. The van der Waals surface area contributed by atoms with Crippen molar-refractivity contribution in [3.8, 4) is 0 Å². The Morgan fingerprint density at radius 1 is 1.43 bits per heavy atom. The van der Waals surface area contributed by atoms with Crippen LogP contribution in [0.15, 0.2) is 0 Å². The van der Waals surface area contributed by atoms with Crippen molar-refractivity contribution in [3.63, 3.8) is 0 Å². The largest absolute Gasteiger partial charge is 0.345 e. The van der Waals surface area contributed by atoms with E-state index in [1.807, 2.05) is 0 Å². The Labute approximate surface area is 81.4 Å². The Morgan fingerprint density at radius 3 is 2.71 bits per heavy atom. The van der Waals surface area contributed by atoms with Crippen molar-refractivity contribution >= 4 is 11.8 Å². The second-order valence-electron chi connectivity index (χ2n) is 3.78. The lowest BCUT2D eigenvalue weighted by Crippen LogP contribution is -2.59. The summed E-state index contributed by atoms with van der Waals surface area (Å²) < 4.78 is 12.2. The van der Waals surface area contributed by atoms with Crippen LogP contribution < -0.4 is 5.32 Å². The molecule has 1 saturated carbocycles.